The number of H-pyrrole nitrogens is 1. The predicted molar refractivity (Wildman–Crippen MR) is 75.8 cm³/mol. The average Bonchev–Trinajstić information content (AvgIpc) is 3.20. The molecule has 4 rings (SSSR count). The van der Waals surface area contributed by atoms with Gasteiger partial charge in [0.25, 0.3) is 0 Å². The number of hydrogen-bond acceptors (Lipinski definition) is 3. The van der Waals surface area contributed by atoms with E-state index in [4.69, 9.17) is 0 Å². The Morgan fingerprint density at radius 1 is 1.15 bits per heavy atom. The molecule has 0 unspecified atom stereocenters. The van der Waals surface area contributed by atoms with Gasteiger partial charge in [-0.25, -0.2) is 4.98 Å². The summed E-state index contributed by atoms with van der Waals surface area (Å²) in [7, 11) is 0. The molecule has 1 aromatic carbocycles. The summed E-state index contributed by atoms with van der Waals surface area (Å²) in [5.41, 5.74) is 3.76. The highest BCUT2D eigenvalue weighted by atomic mass is 14.9. The summed E-state index contributed by atoms with van der Waals surface area (Å²) in [5, 5.41) is 9.28. The molecule has 2 heterocycles. The van der Waals surface area contributed by atoms with Crippen LogP contribution in [0.1, 0.15) is 18.4 Å². The van der Waals surface area contributed by atoms with Gasteiger partial charge in [-0.15, -0.1) is 0 Å². The highest BCUT2D eigenvalue weighted by Gasteiger charge is 2.44. The molecule has 0 bridgehead atoms. The number of nitriles is 1. The zero-order valence-corrected chi connectivity index (χ0v) is 10.8. The number of hydrogen-bond donors (Lipinski definition) is 1. The first-order valence-corrected chi connectivity index (χ1v) is 6.63. The molecule has 2 aromatic heterocycles. The van der Waals surface area contributed by atoms with Gasteiger partial charge in [0.2, 0.25) is 0 Å². The van der Waals surface area contributed by atoms with E-state index in [1.54, 1.807) is 12.4 Å². The number of nitrogens with one attached hydrogen (secondary N) is 1. The van der Waals surface area contributed by atoms with Crippen LogP contribution in [0.5, 0.6) is 0 Å². The summed E-state index contributed by atoms with van der Waals surface area (Å²) in [6.45, 7) is 0. The van der Waals surface area contributed by atoms with Crippen molar-refractivity contribution in [2.45, 2.75) is 18.3 Å². The van der Waals surface area contributed by atoms with Gasteiger partial charge >= 0.3 is 0 Å². The number of pyridine rings is 1. The smallest absolute Gasteiger partial charge is 0.138 e. The molecule has 1 N–H and O–H groups in total. The van der Waals surface area contributed by atoms with Gasteiger partial charge in [0.15, 0.2) is 0 Å². The van der Waals surface area contributed by atoms with Crippen molar-refractivity contribution >= 4 is 11.0 Å². The normalized spacial score (nSPS) is 15.9. The van der Waals surface area contributed by atoms with Gasteiger partial charge in [0.1, 0.15) is 5.82 Å². The van der Waals surface area contributed by atoms with E-state index in [9.17, 15) is 5.26 Å². The summed E-state index contributed by atoms with van der Waals surface area (Å²) >= 11 is 0. The maximum Gasteiger partial charge on any atom is 0.138 e. The summed E-state index contributed by atoms with van der Waals surface area (Å²) in [5.74, 6) is 0.835. The first kappa shape index (κ1) is 11.2. The highest BCUT2D eigenvalue weighted by Crippen LogP contribution is 2.47. The third-order valence-electron chi connectivity index (χ3n) is 3.95. The van der Waals surface area contributed by atoms with E-state index in [0.717, 1.165) is 40.8 Å². The summed E-state index contributed by atoms with van der Waals surface area (Å²) in [4.78, 5) is 11.9. The van der Waals surface area contributed by atoms with E-state index >= 15 is 0 Å². The van der Waals surface area contributed by atoms with Gasteiger partial charge in [-0.1, -0.05) is 6.07 Å². The number of nitrogens with zero attached hydrogens (tertiary/aromatic N) is 3. The van der Waals surface area contributed by atoms with Crippen LogP contribution >= 0.6 is 0 Å². The predicted octanol–water partition coefficient (Wildman–Crippen LogP) is 3.18. The van der Waals surface area contributed by atoms with Crippen LogP contribution < -0.4 is 0 Å². The third-order valence-corrected chi connectivity index (χ3v) is 3.95. The van der Waals surface area contributed by atoms with Crippen molar-refractivity contribution in [3.8, 4) is 17.5 Å². The molecule has 3 aromatic rings. The van der Waals surface area contributed by atoms with Gasteiger partial charge in [-0.3, -0.25) is 4.98 Å². The minimum Gasteiger partial charge on any atom is -0.338 e. The molecule has 0 amide bonds. The minimum absolute atomic E-state index is 0.254. The Hall–Kier alpha value is -2.67. The average molecular weight is 260 g/mol. The van der Waals surface area contributed by atoms with E-state index in [0.29, 0.717) is 0 Å². The molecule has 4 heteroatoms. The molecular formula is C16H12N4. The van der Waals surface area contributed by atoms with Crippen LogP contribution in [-0.4, -0.2) is 15.0 Å². The lowest BCUT2D eigenvalue weighted by atomic mass is 9.97. The van der Waals surface area contributed by atoms with Crippen molar-refractivity contribution in [1.82, 2.24) is 15.0 Å². The molecule has 0 aliphatic heterocycles. The number of aromatic amines is 1. The second-order valence-corrected chi connectivity index (χ2v) is 5.25. The monoisotopic (exact) mass is 260 g/mol. The van der Waals surface area contributed by atoms with Crippen LogP contribution in [0.4, 0.5) is 0 Å². The standard InChI is InChI=1S/C16H12N4/c17-10-16(5-6-16)12-1-2-13-14(9-12)20-15(19-13)11-3-7-18-8-4-11/h1-4,7-9H,5-6H2,(H,19,20). The molecule has 20 heavy (non-hydrogen) atoms. The van der Waals surface area contributed by atoms with Gasteiger partial charge in [-0.2, -0.15) is 5.26 Å². The largest absolute Gasteiger partial charge is 0.338 e. The zero-order chi connectivity index (χ0) is 13.6. The first-order chi connectivity index (χ1) is 9.81. The number of benzene rings is 1. The summed E-state index contributed by atoms with van der Waals surface area (Å²) in [6.07, 6.45) is 5.42. The second kappa shape index (κ2) is 3.91. The van der Waals surface area contributed by atoms with Crippen LogP contribution in [0, 0.1) is 11.3 Å². The van der Waals surface area contributed by atoms with Gasteiger partial charge < -0.3 is 4.98 Å². The van der Waals surface area contributed by atoms with Crippen LogP contribution in [0.3, 0.4) is 0 Å². The fourth-order valence-electron chi connectivity index (χ4n) is 2.54. The van der Waals surface area contributed by atoms with Gasteiger partial charge in [0.05, 0.1) is 22.5 Å². The van der Waals surface area contributed by atoms with Crippen molar-refractivity contribution in [1.29, 1.82) is 5.26 Å². The summed E-state index contributed by atoms with van der Waals surface area (Å²) < 4.78 is 0. The Labute approximate surface area is 116 Å². The third kappa shape index (κ3) is 1.60. The number of fused-ring (bicyclic) bond motifs is 1. The molecule has 96 valence electrons. The van der Waals surface area contributed by atoms with Crippen LogP contribution in [-0.2, 0) is 5.41 Å². The fraction of sp³-hybridized carbons (Fsp3) is 0.188. The highest BCUT2D eigenvalue weighted by molar-refractivity contribution is 5.80. The number of imidazole rings is 1. The van der Waals surface area contributed by atoms with Crippen molar-refractivity contribution in [2.24, 2.45) is 0 Å². The SMILES string of the molecule is N#CC1(c2ccc3nc(-c4ccncc4)[nH]c3c2)CC1. The molecule has 0 radical (unpaired) electrons. The molecule has 0 spiro atoms. The fourth-order valence-corrected chi connectivity index (χ4v) is 2.54. The lowest BCUT2D eigenvalue weighted by molar-refractivity contribution is 0.910. The Balaban J connectivity index is 1.83. The maximum absolute atomic E-state index is 9.28. The minimum atomic E-state index is -0.254. The second-order valence-electron chi connectivity index (χ2n) is 5.25. The quantitative estimate of drug-likeness (QED) is 0.769. The van der Waals surface area contributed by atoms with Crippen LogP contribution in [0.25, 0.3) is 22.4 Å². The Morgan fingerprint density at radius 3 is 2.65 bits per heavy atom. The van der Waals surface area contributed by atoms with Crippen LogP contribution in [0.15, 0.2) is 42.7 Å². The van der Waals surface area contributed by atoms with E-state index in [1.165, 1.54) is 0 Å². The molecule has 1 aliphatic rings. The topological polar surface area (TPSA) is 65.4 Å². The molecule has 1 saturated carbocycles. The zero-order valence-electron chi connectivity index (χ0n) is 10.8. The molecule has 4 nitrogen and oxygen atoms in total. The number of aromatic nitrogens is 3. The maximum atomic E-state index is 9.28. The molecular weight excluding hydrogens is 248 g/mol. The van der Waals surface area contributed by atoms with Crippen molar-refractivity contribution < 1.29 is 0 Å². The van der Waals surface area contributed by atoms with E-state index in [-0.39, 0.29) is 5.41 Å². The summed E-state index contributed by atoms with van der Waals surface area (Å²) in [6, 6.07) is 12.4. The Morgan fingerprint density at radius 2 is 1.95 bits per heavy atom. The molecule has 0 saturated heterocycles. The first-order valence-electron chi connectivity index (χ1n) is 6.63. The lowest BCUT2D eigenvalue weighted by Gasteiger charge is -2.04. The van der Waals surface area contributed by atoms with Crippen molar-refractivity contribution in [3.63, 3.8) is 0 Å². The van der Waals surface area contributed by atoms with E-state index in [2.05, 4.69) is 27.1 Å². The van der Waals surface area contributed by atoms with Crippen molar-refractivity contribution in [2.75, 3.05) is 0 Å². The Kier molecular flexibility index (Phi) is 2.19. The molecule has 1 aliphatic carbocycles. The van der Waals surface area contributed by atoms with E-state index < -0.39 is 0 Å². The number of rotatable bonds is 2. The molecule has 0 atom stereocenters. The van der Waals surface area contributed by atoms with Crippen molar-refractivity contribution in [3.05, 3.63) is 48.3 Å². The van der Waals surface area contributed by atoms with Gasteiger partial charge in [0, 0.05) is 18.0 Å². The van der Waals surface area contributed by atoms with E-state index in [1.807, 2.05) is 24.3 Å². The lowest BCUT2D eigenvalue weighted by Crippen LogP contribution is -2.01. The van der Waals surface area contributed by atoms with Gasteiger partial charge in [-0.05, 0) is 42.7 Å². The Bertz CT molecular complexity index is 823. The molecule has 1 fully saturated rings. The van der Waals surface area contributed by atoms with Crippen LogP contribution in [0.2, 0.25) is 0 Å².